The normalized spacial score (nSPS) is 25.6. The summed E-state index contributed by atoms with van der Waals surface area (Å²) in [7, 11) is 0. The lowest BCUT2D eigenvalue weighted by Gasteiger charge is -2.10. The second-order valence-electron chi connectivity index (χ2n) is 3.97. The van der Waals surface area contributed by atoms with E-state index in [0.29, 0.717) is 0 Å². The molecule has 14 heavy (non-hydrogen) atoms. The van der Waals surface area contributed by atoms with E-state index in [2.05, 4.69) is 37.3 Å². The van der Waals surface area contributed by atoms with E-state index in [1.54, 1.807) is 11.1 Å². The van der Waals surface area contributed by atoms with Gasteiger partial charge in [0.1, 0.15) is 0 Å². The summed E-state index contributed by atoms with van der Waals surface area (Å²) in [6.07, 6.45) is 6.06. The molecule has 0 heteroatoms. The minimum absolute atomic E-state index is 0.741. The first-order chi connectivity index (χ1) is 6.84. The van der Waals surface area contributed by atoms with Gasteiger partial charge in [0.15, 0.2) is 0 Å². The Labute approximate surface area is 86.7 Å². The summed E-state index contributed by atoms with van der Waals surface area (Å²) >= 11 is 0. The molecule has 1 aromatic rings. The molecule has 2 bridgehead atoms. The van der Waals surface area contributed by atoms with Crippen LogP contribution in [0.1, 0.15) is 48.8 Å². The van der Waals surface area contributed by atoms with Gasteiger partial charge in [0.05, 0.1) is 0 Å². The molecule has 0 aliphatic heterocycles. The Morgan fingerprint density at radius 2 is 1.64 bits per heavy atom. The summed E-state index contributed by atoms with van der Waals surface area (Å²) in [5, 5.41) is 0. The van der Waals surface area contributed by atoms with Crippen LogP contribution in [-0.4, -0.2) is 0 Å². The molecule has 3 rings (SSSR count). The second-order valence-corrected chi connectivity index (χ2v) is 3.97. The van der Waals surface area contributed by atoms with Crippen LogP contribution < -0.4 is 0 Å². The fourth-order valence-corrected chi connectivity index (χ4v) is 2.51. The van der Waals surface area contributed by atoms with Crippen molar-refractivity contribution in [2.45, 2.75) is 39.0 Å². The lowest BCUT2D eigenvalue weighted by molar-refractivity contribution is 0.804. The Morgan fingerprint density at radius 1 is 1.00 bits per heavy atom. The van der Waals surface area contributed by atoms with Crippen LogP contribution >= 0.6 is 0 Å². The van der Waals surface area contributed by atoms with Crippen molar-refractivity contribution in [1.29, 1.82) is 0 Å². The minimum Gasteiger partial charge on any atom is -0.0804 e. The molecule has 1 aromatic carbocycles. The van der Waals surface area contributed by atoms with Gasteiger partial charge in [-0.1, -0.05) is 49.8 Å². The van der Waals surface area contributed by atoms with Crippen LogP contribution in [0, 0.1) is 6.92 Å². The SMILES string of the molecule is CC.Cc1ccc2c(c1)C1C=CC2C1. The fourth-order valence-electron chi connectivity index (χ4n) is 2.51. The van der Waals surface area contributed by atoms with Crippen LogP contribution in [0.3, 0.4) is 0 Å². The number of fused-ring (bicyclic) bond motifs is 5. The zero-order valence-electron chi connectivity index (χ0n) is 9.25. The number of aryl methyl sites for hydroxylation is 1. The molecule has 0 nitrogen and oxygen atoms in total. The van der Waals surface area contributed by atoms with Crippen LogP contribution in [0.4, 0.5) is 0 Å². The maximum absolute atomic E-state index is 2.37. The first kappa shape index (κ1) is 9.51. The predicted molar refractivity (Wildman–Crippen MR) is 61.8 cm³/mol. The van der Waals surface area contributed by atoms with Crippen molar-refractivity contribution in [1.82, 2.24) is 0 Å². The summed E-state index contributed by atoms with van der Waals surface area (Å²) in [5.41, 5.74) is 4.56. The van der Waals surface area contributed by atoms with E-state index >= 15 is 0 Å². The molecule has 0 radical (unpaired) electrons. The highest BCUT2D eigenvalue weighted by Gasteiger charge is 2.31. The summed E-state index contributed by atoms with van der Waals surface area (Å²) in [4.78, 5) is 0. The standard InChI is InChI=1S/C12H12.C2H6/c1-8-2-5-11-9-3-4-10(7-9)12(11)6-8;1-2/h2-6,9-10H,7H2,1H3;1-2H3. The van der Waals surface area contributed by atoms with Gasteiger partial charge in [0, 0.05) is 11.8 Å². The average Bonchev–Trinajstić information content (AvgIpc) is 2.81. The van der Waals surface area contributed by atoms with Gasteiger partial charge < -0.3 is 0 Å². The minimum atomic E-state index is 0.741. The van der Waals surface area contributed by atoms with Crippen molar-refractivity contribution in [2.24, 2.45) is 0 Å². The molecule has 2 aliphatic rings. The summed E-state index contributed by atoms with van der Waals surface area (Å²) in [6.45, 7) is 6.18. The van der Waals surface area contributed by atoms with Crippen molar-refractivity contribution in [2.75, 3.05) is 0 Å². The average molecular weight is 186 g/mol. The van der Waals surface area contributed by atoms with Crippen molar-refractivity contribution in [3.8, 4) is 0 Å². The van der Waals surface area contributed by atoms with Crippen LogP contribution in [0.25, 0.3) is 0 Å². The molecule has 2 atom stereocenters. The number of hydrogen-bond donors (Lipinski definition) is 0. The van der Waals surface area contributed by atoms with Gasteiger partial charge in [-0.25, -0.2) is 0 Å². The van der Waals surface area contributed by atoms with Crippen LogP contribution in [0.15, 0.2) is 30.4 Å². The molecular weight excluding hydrogens is 168 g/mol. The Kier molecular flexibility index (Phi) is 2.45. The van der Waals surface area contributed by atoms with Gasteiger partial charge >= 0.3 is 0 Å². The van der Waals surface area contributed by atoms with E-state index in [0.717, 1.165) is 11.8 Å². The Bertz CT molecular complexity index is 360. The fraction of sp³-hybridized carbons (Fsp3) is 0.429. The maximum Gasteiger partial charge on any atom is 0.00300 e. The van der Waals surface area contributed by atoms with Crippen LogP contribution in [-0.2, 0) is 0 Å². The molecule has 2 aliphatic carbocycles. The monoisotopic (exact) mass is 186 g/mol. The predicted octanol–water partition coefficient (Wildman–Crippen LogP) is 4.16. The van der Waals surface area contributed by atoms with Crippen molar-refractivity contribution < 1.29 is 0 Å². The summed E-state index contributed by atoms with van der Waals surface area (Å²) < 4.78 is 0. The van der Waals surface area contributed by atoms with Crippen LogP contribution in [0.2, 0.25) is 0 Å². The lowest BCUT2D eigenvalue weighted by Crippen LogP contribution is -1.92. The Balaban J connectivity index is 0.000000354. The molecule has 0 saturated carbocycles. The topological polar surface area (TPSA) is 0 Å². The zero-order valence-corrected chi connectivity index (χ0v) is 9.25. The number of rotatable bonds is 0. The van der Waals surface area contributed by atoms with Gasteiger partial charge in [-0.2, -0.15) is 0 Å². The lowest BCUT2D eigenvalue weighted by atomic mass is 9.95. The first-order valence-corrected chi connectivity index (χ1v) is 5.63. The maximum atomic E-state index is 2.37. The first-order valence-electron chi connectivity index (χ1n) is 5.63. The van der Waals surface area contributed by atoms with Crippen LogP contribution in [0.5, 0.6) is 0 Å². The van der Waals surface area contributed by atoms with Gasteiger partial charge in [0.25, 0.3) is 0 Å². The summed E-state index contributed by atoms with van der Waals surface area (Å²) in [6, 6.07) is 6.88. The quantitative estimate of drug-likeness (QED) is 0.534. The third kappa shape index (κ3) is 1.30. The van der Waals surface area contributed by atoms with Gasteiger partial charge in [-0.15, -0.1) is 0 Å². The van der Waals surface area contributed by atoms with E-state index in [-0.39, 0.29) is 0 Å². The second kappa shape index (κ2) is 3.61. The highest BCUT2D eigenvalue weighted by molar-refractivity contribution is 5.48. The smallest absolute Gasteiger partial charge is 0.00300 e. The van der Waals surface area contributed by atoms with E-state index in [1.165, 1.54) is 12.0 Å². The summed E-state index contributed by atoms with van der Waals surface area (Å²) in [5.74, 6) is 1.48. The molecule has 0 spiro atoms. The molecule has 0 saturated heterocycles. The molecule has 0 aromatic heterocycles. The Hall–Kier alpha value is -1.04. The molecule has 2 unspecified atom stereocenters. The van der Waals surface area contributed by atoms with Gasteiger partial charge in [-0.05, 0) is 24.5 Å². The highest BCUT2D eigenvalue weighted by Crippen LogP contribution is 2.48. The molecule has 0 fully saturated rings. The third-order valence-corrected chi connectivity index (χ3v) is 3.12. The van der Waals surface area contributed by atoms with Gasteiger partial charge in [0.2, 0.25) is 0 Å². The molecular formula is C14H18. The number of allylic oxidation sites excluding steroid dienone is 2. The van der Waals surface area contributed by atoms with E-state index in [9.17, 15) is 0 Å². The van der Waals surface area contributed by atoms with E-state index < -0.39 is 0 Å². The largest absolute Gasteiger partial charge is 0.0804 e. The molecule has 74 valence electrons. The Morgan fingerprint density at radius 3 is 2.36 bits per heavy atom. The molecule has 0 N–H and O–H groups in total. The van der Waals surface area contributed by atoms with Crippen molar-refractivity contribution in [3.63, 3.8) is 0 Å². The van der Waals surface area contributed by atoms with Crippen molar-refractivity contribution >= 4 is 0 Å². The highest BCUT2D eigenvalue weighted by atomic mass is 14.4. The number of hydrogen-bond acceptors (Lipinski definition) is 0. The number of benzene rings is 1. The van der Waals surface area contributed by atoms with E-state index in [4.69, 9.17) is 0 Å². The van der Waals surface area contributed by atoms with E-state index in [1.807, 2.05) is 13.8 Å². The third-order valence-electron chi connectivity index (χ3n) is 3.12. The molecule has 0 heterocycles. The van der Waals surface area contributed by atoms with Crippen molar-refractivity contribution in [3.05, 3.63) is 47.0 Å². The zero-order chi connectivity index (χ0) is 10.1. The van der Waals surface area contributed by atoms with Gasteiger partial charge in [-0.3, -0.25) is 0 Å². The molecule has 0 amide bonds.